The highest BCUT2D eigenvalue weighted by Crippen LogP contribution is 2.36. The van der Waals surface area contributed by atoms with E-state index in [-0.39, 0.29) is 5.82 Å². The van der Waals surface area contributed by atoms with E-state index >= 15 is 0 Å². The van der Waals surface area contributed by atoms with Crippen molar-refractivity contribution < 1.29 is 0 Å². The molecule has 0 N–H and O–H groups in total. The highest BCUT2D eigenvalue weighted by Gasteiger charge is 2.30. The zero-order chi connectivity index (χ0) is 11.6. The lowest BCUT2D eigenvalue weighted by molar-refractivity contribution is 0.623. The van der Waals surface area contributed by atoms with Crippen LogP contribution in [-0.4, -0.2) is 20.2 Å². The summed E-state index contributed by atoms with van der Waals surface area (Å²) in [5.41, 5.74) is 1.03. The fraction of sp³-hybridized carbons (Fsp3) is 0.222. The monoisotopic (exact) mass is 276 g/mol. The average Bonchev–Trinajstić information content (AvgIpc) is 2.67. The molecule has 0 saturated heterocycles. The smallest absolute Gasteiger partial charge is 0.221 e. The number of aromatic nitrogens is 4. The number of alkyl halides is 3. The van der Waals surface area contributed by atoms with E-state index < -0.39 is 3.79 Å². The lowest BCUT2D eigenvalue weighted by atomic mass is 10.2. The molecule has 0 aliphatic rings. The first-order chi connectivity index (χ1) is 7.57. The molecule has 0 aliphatic heterocycles. The third kappa shape index (κ3) is 2.64. The lowest BCUT2D eigenvalue weighted by Crippen LogP contribution is -2.14. The Hall–Kier alpha value is -0.840. The fourth-order valence-corrected chi connectivity index (χ4v) is 1.68. The summed E-state index contributed by atoms with van der Waals surface area (Å²) >= 11 is 17.2. The van der Waals surface area contributed by atoms with Crippen molar-refractivity contribution in [1.29, 1.82) is 0 Å². The topological polar surface area (TPSA) is 43.6 Å². The summed E-state index contributed by atoms with van der Waals surface area (Å²) in [5.74, 6) is 0.210. The second-order valence-corrected chi connectivity index (χ2v) is 5.42. The summed E-state index contributed by atoms with van der Waals surface area (Å²) in [6.45, 7) is 0.469. The molecule has 4 nitrogen and oxygen atoms in total. The minimum absolute atomic E-state index is 0.210. The summed E-state index contributed by atoms with van der Waals surface area (Å²) in [6, 6.07) is 9.68. The predicted molar refractivity (Wildman–Crippen MR) is 62.6 cm³/mol. The van der Waals surface area contributed by atoms with Crippen LogP contribution in [0.3, 0.4) is 0 Å². The quantitative estimate of drug-likeness (QED) is 0.792. The third-order valence-corrected chi connectivity index (χ3v) is 2.47. The molecule has 84 valence electrons. The van der Waals surface area contributed by atoms with Crippen LogP contribution in [0.2, 0.25) is 0 Å². The molecule has 0 bridgehead atoms. The molecule has 0 radical (unpaired) electrons. The third-order valence-electron chi connectivity index (χ3n) is 1.96. The number of hydrogen-bond acceptors (Lipinski definition) is 3. The van der Waals surface area contributed by atoms with Crippen LogP contribution in [0.5, 0.6) is 0 Å². The van der Waals surface area contributed by atoms with E-state index in [4.69, 9.17) is 34.8 Å². The van der Waals surface area contributed by atoms with Gasteiger partial charge in [0.05, 0.1) is 6.54 Å². The molecule has 0 atom stereocenters. The van der Waals surface area contributed by atoms with Crippen molar-refractivity contribution in [1.82, 2.24) is 20.2 Å². The Kier molecular flexibility index (Phi) is 3.33. The van der Waals surface area contributed by atoms with Crippen LogP contribution in [-0.2, 0) is 10.3 Å². The minimum atomic E-state index is -1.61. The first-order valence-corrected chi connectivity index (χ1v) is 5.58. The van der Waals surface area contributed by atoms with Gasteiger partial charge in [-0.05, 0) is 16.0 Å². The number of nitrogens with zero attached hydrogens (tertiary/aromatic N) is 4. The summed E-state index contributed by atoms with van der Waals surface area (Å²) in [4.78, 5) is 0. The Balaban J connectivity index is 2.26. The SMILES string of the molecule is ClC(Cl)(Cl)c1nnnn1Cc1ccccc1. The maximum absolute atomic E-state index is 5.74. The van der Waals surface area contributed by atoms with E-state index in [0.29, 0.717) is 6.54 Å². The lowest BCUT2D eigenvalue weighted by Gasteiger charge is -2.10. The zero-order valence-electron chi connectivity index (χ0n) is 8.02. The van der Waals surface area contributed by atoms with Crippen LogP contribution in [0.15, 0.2) is 30.3 Å². The van der Waals surface area contributed by atoms with Gasteiger partial charge in [0.1, 0.15) is 0 Å². The van der Waals surface area contributed by atoms with Gasteiger partial charge in [0.2, 0.25) is 5.82 Å². The number of benzene rings is 1. The summed E-state index contributed by atoms with van der Waals surface area (Å²) in [6.07, 6.45) is 0. The van der Waals surface area contributed by atoms with E-state index in [9.17, 15) is 0 Å². The van der Waals surface area contributed by atoms with Gasteiger partial charge in [-0.1, -0.05) is 65.1 Å². The van der Waals surface area contributed by atoms with Crippen molar-refractivity contribution in [2.45, 2.75) is 10.3 Å². The van der Waals surface area contributed by atoms with Crippen LogP contribution in [0.25, 0.3) is 0 Å². The highest BCUT2D eigenvalue weighted by atomic mass is 35.6. The van der Waals surface area contributed by atoms with Gasteiger partial charge in [0, 0.05) is 0 Å². The molecule has 1 heterocycles. The predicted octanol–water partition coefficient (Wildman–Crippen LogP) is 2.55. The van der Waals surface area contributed by atoms with Gasteiger partial charge >= 0.3 is 0 Å². The maximum atomic E-state index is 5.74. The Bertz CT molecular complexity index is 463. The van der Waals surface area contributed by atoms with Gasteiger partial charge in [0.25, 0.3) is 3.79 Å². The molecule has 0 fully saturated rings. The molecule has 7 heteroatoms. The van der Waals surface area contributed by atoms with Crippen molar-refractivity contribution >= 4 is 34.8 Å². The standard InChI is InChI=1S/C9H7Cl3N4/c10-9(11,12)8-13-14-15-16(8)6-7-4-2-1-3-5-7/h1-5H,6H2. The number of halogens is 3. The Morgan fingerprint density at radius 2 is 1.81 bits per heavy atom. The zero-order valence-corrected chi connectivity index (χ0v) is 10.3. The van der Waals surface area contributed by atoms with Crippen molar-refractivity contribution in [2.75, 3.05) is 0 Å². The first kappa shape index (κ1) is 11.6. The van der Waals surface area contributed by atoms with E-state index in [2.05, 4.69) is 15.5 Å². The second kappa shape index (κ2) is 4.57. The van der Waals surface area contributed by atoms with Crippen LogP contribution < -0.4 is 0 Å². The van der Waals surface area contributed by atoms with Crippen molar-refractivity contribution in [3.8, 4) is 0 Å². The van der Waals surface area contributed by atoms with E-state index in [1.807, 2.05) is 30.3 Å². The molecular weight excluding hydrogens is 270 g/mol. The minimum Gasteiger partial charge on any atom is -0.221 e. The molecule has 0 spiro atoms. The largest absolute Gasteiger partial charge is 0.251 e. The Morgan fingerprint density at radius 1 is 1.12 bits per heavy atom. The van der Waals surface area contributed by atoms with Gasteiger partial charge in [-0.25, -0.2) is 4.68 Å². The van der Waals surface area contributed by atoms with Gasteiger partial charge in [-0.2, -0.15) is 0 Å². The van der Waals surface area contributed by atoms with Gasteiger partial charge in [0.15, 0.2) is 0 Å². The molecule has 2 aromatic rings. The Labute approximate surface area is 107 Å². The second-order valence-electron chi connectivity index (χ2n) is 3.14. The number of rotatable bonds is 2. The van der Waals surface area contributed by atoms with Crippen molar-refractivity contribution in [2.24, 2.45) is 0 Å². The molecular formula is C9H7Cl3N4. The molecule has 0 unspecified atom stereocenters. The first-order valence-electron chi connectivity index (χ1n) is 4.44. The molecule has 0 aliphatic carbocycles. The molecule has 0 amide bonds. The molecule has 1 aromatic heterocycles. The molecule has 2 rings (SSSR count). The van der Waals surface area contributed by atoms with Crippen LogP contribution in [0.1, 0.15) is 11.4 Å². The summed E-state index contributed by atoms with van der Waals surface area (Å²) in [7, 11) is 0. The highest BCUT2D eigenvalue weighted by molar-refractivity contribution is 6.66. The van der Waals surface area contributed by atoms with Gasteiger partial charge in [-0.15, -0.1) is 5.10 Å². The van der Waals surface area contributed by atoms with Crippen LogP contribution >= 0.6 is 34.8 Å². The van der Waals surface area contributed by atoms with E-state index in [1.54, 1.807) is 0 Å². The molecule has 1 aromatic carbocycles. The van der Waals surface area contributed by atoms with Crippen LogP contribution in [0, 0.1) is 0 Å². The van der Waals surface area contributed by atoms with Gasteiger partial charge in [-0.3, -0.25) is 0 Å². The average molecular weight is 278 g/mol. The number of tetrazole rings is 1. The molecule has 0 saturated carbocycles. The van der Waals surface area contributed by atoms with Crippen LogP contribution in [0.4, 0.5) is 0 Å². The Morgan fingerprint density at radius 3 is 2.44 bits per heavy atom. The van der Waals surface area contributed by atoms with Crippen molar-refractivity contribution in [3.05, 3.63) is 41.7 Å². The molecule has 16 heavy (non-hydrogen) atoms. The normalized spacial score (nSPS) is 11.7. The summed E-state index contributed by atoms with van der Waals surface area (Å²) < 4.78 is -0.152. The number of hydrogen-bond donors (Lipinski definition) is 0. The van der Waals surface area contributed by atoms with E-state index in [0.717, 1.165) is 5.56 Å². The van der Waals surface area contributed by atoms with Crippen molar-refractivity contribution in [3.63, 3.8) is 0 Å². The maximum Gasteiger partial charge on any atom is 0.251 e. The summed E-state index contributed by atoms with van der Waals surface area (Å²) in [5, 5.41) is 11.0. The van der Waals surface area contributed by atoms with Gasteiger partial charge < -0.3 is 0 Å². The van der Waals surface area contributed by atoms with E-state index in [1.165, 1.54) is 4.68 Å². The fourth-order valence-electron chi connectivity index (χ4n) is 1.27.